The van der Waals surface area contributed by atoms with Gasteiger partial charge in [-0.05, 0) is 26.3 Å². The molecule has 7 heteroatoms. The van der Waals surface area contributed by atoms with Crippen molar-refractivity contribution < 1.29 is 18.7 Å². The maximum Gasteiger partial charge on any atom is 0.248 e. The van der Waals surface area contributed by atoms with Crippen LogP contribution in [0.25, 0.3) is 0 Å². The number of carbonyl (C=O) groups excluding carboxylic acids is 1. The fourth-order valence-electron chi connectivity index (χ4n) is 4.14. The fraction of sp³-hybridized carbons (Fsp3) is 0.941. The summed E-state index contributed by atoms with van der Waals surface area (Å²) in [5, 5.41) is 10.8. The van der Waals surface area contributed by atoms with Crippen molar-refractivity contribution in [3.8, 4) is 0 Å². The Morgan fingerprint density at radius 2 is 1.71 bits per heavy atom. The quantitative estimate of drug-likeness (QED) is 0.830. The van der Waals surface area contributed by atoms with Crippen LogP contribution in [0.2, 0.25) is 0 Å². The van der Waals surface area contributed by atoms with E-state index in [9.17, 15) is 18.7 Å². The molecule has 0 radical (unpaired) electrons. The van der Waals surface area contributed by atoms with E-state index in [4.69, 9.17) is 0 Å². The Morgan fingerprint density at radius 1 is 1.08 bits per heavy atom. The monoisotopic (exact) mass is 345 g/mol. The van der Waals surface area contributed by atoms with Gasteiger partial charge in [-0.2, -0.15) is 0 Å². The number of amides is 1. The van der Waals surface area contributed by atoms with Crippen molar-refractivity contribution in [3.05, 3.63) is 0 Å². The first-order valence-electron chi connectivity index (χ1n) is 9.06. The van der Waals surface area contributed by atoms with Gasteiger partial charge in [0.25, 0.3) is 0 Å². The van der Waals surface area contributed by atoms with E-state index < -0.39 is 11.5 Å². The Bertz CT molecular complexity index is 459. The largest absolute Gasteiger partial charge is 0.387 e. The number of likely N-dealkylation sites (N-methyl/N-ethyl adjacent to an activating group) is 1. The predicted molar refractivity (Wildman–Crippen MR) is 87.0 cm³/mol. The van der Waals surface area contributed by atoms with E-state index in [1.807, 2.05) is 0 Å². The molecule has 0 aromatic heterocycles. The van der Waals surface area contributed by atoms with Crippen molar-refractivity contribution >= 4 is 5.91 Å². The van der Waals surface area contributed by atoms with Gasteiger partial charge in [-0.15, -0.1) is 0 Å². The molecule has 1 unspecified atom stereocenters. The van der Waals surface area contributed by atoms with Crippen LogP contribution in [0.4, 0.5) is 8.78 Å². The van der Waals surface area contributed by atoms with Crippen LogP contribution in [0.3, 0.4) is 0 Å². The first-order chi connectivity index (χ1) is 11.3. The number of aliphatic hydroxyl groups is 1. The lowest BCUT2D eigenvalue weighted by molar-refractivity contribution is -0.139. The summed E-state index contributed by atoms with van der Waals surface area (Å²) in [6.45, 7) is 5.33. The maximum atomic E-state index is 13.3. The second-order valence-corrected chi connectivity index (χ2v) is 7.94. The molecule has 138 valence electrons. The smallest absolute Gasteiger partial charge is 0.248 e. The SMILES string of the molecule is CN1CCN(CC2(O)CCN(C(=O)C3CCC(F)(F)CC3)C2)CC1. The summed E-state index contributed by atoms with van der Waals surface area (Å²) in [7, 11) is 2.09. The van der Waals surface area contributed by atoms with Gasteiger partial charge in [0.1, 0.15) is 0 Å². The van der Waals surface area contributed by atoms with Crippen LogP contribution in [0.1, 0.15) is 32.1 Å². The lowest BCUT2D eigenvalue weighted by Crippen LogP contribution is -2.52. The summed E-state index contributed by atoms with van der Waals surface area (Å²) in [5.74, 6) is -2.94. The summed E-state index contributed by atoms with van der Waals surface area (Å²) >= 11 is 0. The number of rotatable bonds is 3. The average Bonchev–Trinajstić information content (AvgIpc) is 2.91. The van der Waals surface area contributed by atoms with E-state index in [2.05, 4.69) is 16.8 Å². The van der Waals surface area contributed by atoms with Crippen LogP contribution < -0.4 is 0 Å². The lowest BCUT2D eigenvalue weighted by atomic mass is 9.86. The molecular weight excluding hydrogens is 316 g/mol. The first kappa shape index (κ1) is 18.0. The highest BCUT2D eigenvalue weighted by Crippen LogP contribution is 2.37. The highest BCUT2D eigenvalue weighted by Gasteiger charge is 2.43. The van der Waals surface area contributed by atoms with E-state index in [-0.39, 0.29) is 37.5 Å². The van der Waals surface area contributed by atoms with Gasteiger partial charge in [0.05, 0.1) is 12.1 Å². The molecule has 24 heavy (non-hydrogen) atoms. The number of hydrogen-bond acceptors (Lipinski definition) is 4. The Labute approximate surface area is 142 Å². The van der Waals surface area contributed by atoms with Gasteiger partial charge in [0, 0.05) is 58.0 Å². The fourth-order valence-corrected chi connectivity index (χ4v) is 4.14. The highest BCUT2D eigenvalue weighted by atomic mass is 19.3. The molecule has 1 N–H and O–H groups in total. The van der Waals surface area contributed by atoms with E-state index >= 15 is 0 Å². The maximum absolute atomic E-state index is 13.3. The lowest BCUT2D eigenvalue weighted by Gasteiger charge is -2.37. The normalized spacial score (nSPS) is 33.1. The second-order valence-electron chi connectivity index (χ2n) is 7.94. The van der Waals surface area contributed by atoms with E-state index in [0.29, 0.717) is 26.1 Å². The summed E-state index contributed by atoms with van der Waals surface area (Å²) in [5.41, 5.74) is -0.857. The van der Waals surface area contributed by atoms with Crippen LogP contribution in [0.5, 0.6) is 0 Å². The molecule has 2 saturated heterocycles. The van der Waals surface area contributed by atoms with E-state index in [0.717, 1.165) is 26.2 Å². The molecule has 3 aliphatic rings. The number of hydrogen-bond donors (Lipinski definition) is 1. The van der Waals surface area contributed by atoms with Crippen LogP contribution in [0, 0.1) is 5.92 Å². The van der Waals surface area contributed by atoms with Gasteiger partial charge in [0.2, 0.25) is 11.8 Å². The van der Waals surface area contributed by atoms with Gasteiger partial charge < -0.3 is 14.9 Å². The summed E-state index contributed by atoms with van der Waals surface area (Å²) < 4.78 is 26.5. The first-order valence-corrected chi connectivity index (χ1v) is 9.06. The zero-order valence-electron chi connectivity index (χ0n) is 14.5. The number of likely N-dealkylation sites (tertiary alicyclic amines) is 1. The highest BCUT2D eigenvalue weighted by molar-refractivity contribution is 5.79. The molecule has 3 fully saturated rings. The van der Waals surface area contributed by atoms with Crippen molar-refractivity contribution in [2.75, 3.05) is 52.9 Å². The molecule has 5 nitrogen and oxygen atoms in total. The molecule has 3 rings (SSSR count). The third-order valence-corrected chi connectivity index (χ3v) is 5.82. The average molecular weight is 345 g/mol. The molecule has 1 saturated carbocycles. The van der Waals surface area contributed by atoms with Crippen LogP contribution in [-0.4, -0.2) is 90.1 Å². The zero-order valence-corrected chi connectivity index (χ0v) is 14.5. The summed E-state index contributed by atoms with van der Waals surface area (Å²) in [6, 6.07) is 0. The van der Waals surface area contributed by atoms with E-state index in [1.165, 1.54) is 0 Å². The molecule has 1 aliphatic carbocycles. The number of β-amino-alcohol motifs (C(OH)–C–C–N with tert-alkyl or cyclic N) is 1. The minimum absolute atomic E-state index is 0.0418. The Morgan fingerprint density at radius 3 is 2.33 bits per heavy atom. The second kappa shape index (κ2) is 6.84. The molecule has 2 heterocycles. The predicted octanol–water partition coefficient (Wildman–Crippen LogP) is 1.02. The molecule has 1 amide bonds. The van der Waals surface area contributed by atoms with Crippen molar-refractivity contribution in [1.82, 2.24) is 14.7 Å². The van der Waals surface area contributed by atoms with Crippen LogP contribution in [-0.2, 0) is 4.79 Å². The molecule has 0 bridgehead atoms. The minimum Gasteiger partial charge on any atom is -0.387 e. The van der Waals surface area contributed by atoms with Gasteiger partial charge in [-0.3, -0.25) is 9.69 Å². The molecular formula is C17H29F2N3O2. The Balaban J connectivity index is 1.50. The molecule has 0 aromatic carbocycles. The van der Waals surface area contributed by atoms with Crippen molar-refractivity contribution in [1.29, 1.82) is 0 Å². The molecule has 0 aromatic rings. The number of alkyl halides is 2. The number of nitrogens with zero attached hydrogens (tertiary/aromatic N) is 3. The van der Waals surface area contributed by atoms with Crippen molar-refractivity contribution in [2.45, 2.75) is 43.6 Å². The van der Waals surface area contributed by atoms with Crippen LogP contribution >= 0.6 is 0 Å². The Hall–Kier alpha value is -0.790. The number of piperazine rings is 1. The summed E-state index contributed by atoms with van der Waals surface area (Å²) in [4.78, 5) is 18.8. The van der Waals surface area contributed by atoms with Crippen LogP contribution in [0.15, 0.2) is 0 Å². The molecule has 0 spiro atoms. The topological polar surface area (TPSA) is 47.0 Å². The van der Waals surface area contributed by atoms with Gasteiger partial charge in [0.15, 0.2) is 0 Å². The molecule has 2 aliphatic heterocycles. The minimum atomic E-state index is -2.61. The van der Waals surface area contributed by atoms with Gasteiger partial charge in [-0.25, -0.2) is 8.78 Å². The summed E-state index contributed by atoms with van der Waals surface area (Å²) in [6.07, 6.45) is 0.720. The third kappa shape index (κ3) is 4.24. The number of carbonyl (C=O) groups is 1. The number of halogens is 2. The van der Waals surface area contributed by atoms with Gasteiger partial charge >= 0.3 is 0 Å². The zero-order chi connectivity index (χ0) is 17.4. The standard InChI is InChI=1S/C17H29F2N3O2/c1-20-8-10-21(11-9-20)12-16(24)6-7-22(13-16)15(23)14-2-4-17(18,19)5-3-14/h14,24H,2-13H2,1H3. The van der Waals surface area contributed by atoms with Crippen molar-refractivity contribution in [3.63, 3.8) is 0 Å². The molecule has 1 atom stereocenters. The van der Waals surface area contributed by atoms with E-state index in [1.54, 1.807) is 4.90 Å². The van der Waals surface area contributed by atoms with Gasteiger partial charge in [-0.1, -0.05) is 0 Å². The van der Waals surface area contributed by atoms with Crippen molar-refractivity contribution in [2.24, 2.45) is 5.92 Å². The Kier molecular flexibility index (Phi) is 5.14. The third-order valence-electron chi connectivity index (χ3n) is 5.82.